The van der Waals surface area contributed by atoms with Crippen molar-refractivity contribution in [2.45, 2.75) is 32.8 Å². The summed E-state index contributed by atoms with van der Waals surface area (Å²) in [4.78, 5) is 40.7. The molecule has 1 saturated heterocycles. The molecule has 3 aromatic rings. The van der Waals surface area contributed by atoms with Gasteiger partial charge in [0.2, 0.25) is 6.10 Å². The first-order valence-corrected chi connectivity index (χ1v) is 11.4. The Morgan fingerprint density at radius 1 is 1.06 bits per heavy atom. The molecule has 1 aromatic heterocycles. The summed E-state index contributed by atoms with van der Waals surface area (Å²) in [6.07, 6.45) is 1.59. The van der Waals surface area contributed by atoms with Crippen molar-refractivity contribution in [1.29, 1.82) is 0 Å². The number of likely N-dealkylation sites (tertiary alicyclic amines) is 1. The Morgan fingerprint density at radius 2 is 1.85 bits per heavy atom. The fourth-order valence-corrected chi connectivity index (χ4v) is 4.09. The molecule has 1 fully saturated rings. The highest BCUT2D eigenvalue weighted by molar-refractivity contribution is 5.97. The predicted molar refractivity (Wildman–Crippen MR) is 127 cm³/mol. The van der Waals surface area contributed by atoms with Crippen LogP contribution in [0.15, 0.2) is 71.3 Å². The summed E-state index contributed by atoms with van der Waals surface area (Å²) in [7, 11) is 0. The third-order valence-electron chi connectivity index (χ3n) is 6.00. The van der Waals surface area contributed by atoms with Crippen molar-refractivity contribution in [2.24, 2.45) is 5.92 Å². The molecule has 1 N–H and O–H groups in total. The zero-order valence-electron chi connectivity index (χ0n) is 19.3. The molecule has 1 aliphatic rings. The van der Waals surface area contributed by atoms with Gasteiger partial charge in [-0.1, -0.05) is 42.5 Å². The number of nitrogens with one attached hydrogen (secondary N) is 1. The number of aryl methyl sites for hydroxylation is 2. The molecule has 7 heteroatoms. The van der Waals surface area contributed by atoms with E-state index in [1.807, 2.05) is 38.1 Å². The van der Waals surface area contributed by atoms with Gasteiger partial charge in [-0.05, 0) is 56.0 Å². The van der Waals surface area contributed by atoms with Crippen LogP contribution in [0.2, 0.25) is 0 Å². The van der Waals surface area contributed by atoms with E-state index in [4.69, 9.17) is 9.15 Å². The number of benzene rings is 2. The van der Waals surface area contributed by atoms with E-state index in [0.717, 1.165) is 11.1 Å². The number of ether oxygens (including phenoxy) is 1. The number of carbonyl (C=O) groups is 3. The van der Waals surface area contributed by atoms with Gasteiger partial charge < -0.3 is 19.4 Å². The normalized spacial score (nSPS) is 16.5. The number of hydrogen-bond acceptors (Lipinski definition) is 5. The van der Waals surface area contributed by atoms with Gasteiger partial charge in [0.05, 0.1) is 12.2 Å². The topological polar surface area (TPSA) is 88.9 Å². The molecule has 0 bridgehead atoms. The predicted octanol–water partition coefficient (Wildman–Crippen LogP) is 4.67. The monoisotopic (exact) mass is 460 g/mol. The van der Waals surface area contributed by atoms with Gasteiger partial charge in [-0.2, -0.15) is 0 Å². The largest absolute Gasteiger partial charge is 0.459 e. The maximum absolute atomic E-state index is 13.3. The number of furan rings is 1. The van der Waals surface area contributed by atoms with Crippen LogP contribution in [-0.4, -0.2) is 35.8 Å². The third-order valence-corrected chi connectivity index (χ3v) is 6.00. The van der Waals surface area contributed by atoms with Gasteiger partial charge >= 0.3 is 5.97 Å². The molecule has 2 heterocycles. The second-order valence-electron chi connectivity index (χ2n) is 8.60. The molecule has 0 saturated carbocycles. The minimum absolute atomic E-state index is 0.221. The van der Waals surface area contributed by atoms with E-state index in [9.17, 15) is 14.4 Å². The molecule has 176 valence electrons. The Hall–Kier alpha value is -3.87. The van der Waals surface area contributed by atoms with Crippen molar-refractivity contribution in [3.8, 4) is 0 Å². The van der Waals surface area contributed by atoms with Crippen LogP contribution in [0.3, 0.4) is 0 Å². The van der Waals surface area contributed by atoms with Gasteiger partial charge in [-0.15, -0.1) is 0 Å². The molecule has 2 aromatic carbocycles. The highest BCUT2D eigenvalue weighted by atomic mass is 16.5. The summed E-state index contributed by atoms with van der Waals surface area (Å²) in [6, 6.07) is 18.0. The minimum Gasteiger partial charge on any atom is -0.459 e. The minimum atomic E-state index is -1.11. The smallest absolute Gasteiger partial charge is 0.311 e. The summed E-state index contributed by atoms with van der Waals surface area (Å²) in [5.41, 5.74) is 3.18. The highest BCUT2D eigenvalue weighted by Gasteiger charge is 2.34. The lowest BCUT2D eigenvalue weighted by Gasteiger charge is -2.31. The molecule has 0 aliphatic carbocycles. The van der Waals surface area contributed by atoms with Crippen LogP contribution in [0.1, 0.15) is 46.2 Å². The molecule has 0 unspecified atom stereocenters. The van der Waals surface area contributed by atoms with E-state index in [-0.39, 0.29) is 18.2 Å². The Morgan fingerprint density at radius 3 is 2.59 bits per heavy atom. The summed E-state index contributed by atoms with van der Waals surface area (Å²) in [5.74, 6) is -1.46. The Labute approximate surface area is 198 Å². The second-order valence-corrected chi connectivity index (χ2v) is 8.60. The van der Waals surface area contributed by atoms with Gasteiger partial charge in [-0.3, -0.25) is 14.4 Å². The maximum Gasteiger partial charge on any atom is 0.311 e. The quantitative estimate of drug-likeness (QED) is 0.540. The van der Waals surface area contributed by atoms with E-state index in [2.05, 4.69) is 5.32 Å². The second kappa shape index (κ2) is 10.4. The van der Waals surface area contributed by atoms with Crippen molar-refractivity contribution < 1.29 is 23.5 Å². The molecule has 0 spiro atoms. The number of anilines is 1. The van der Waals surface area contributed by atoms with Crippen LogP contribution < -0.4 is 5.32 Å². The van der Waals surface area contributed by atoms with Crippen LogP contribution in [-0.2, 0) is 14.3 Å². The van der Waals surface area contributed by atoms with E-state index in [1.54, 1.807) is 41.3 Å². The number of piperidine rings is 1. The molecule has 1 aliphatic heterocycles. The molecule has 2 atom stereocenters. The lowest BCUT2D eigenvalue weighted by Crippen LogP contribution is -2.43. The van der Waals surface area contributed by atoms with Crippen molar-refractivity contribution >= 4 is 23.5 Å². The van der Waals surface area contributed by atoms with Crippen LogP contribution in [0.4, 0.5) is 5.69 Å². The number of nitrogens with zero attached hydrogens (tertiary/aromatic N) is 1. The summed E-state index contributed by atoms with van der Waals surface area (Å²) < 4.78 is 11.0. The Bertz CT molecular complexity index is 1160. The van der Waals surface area contributed by atoms with Crippen LogP contribution in [0.25, 0.3) is 0 Å². The first kappa shape index (κ1) is 23.3. The van der Waals surface area contributed by atoms with Gasteiger partial charge in [-0.25, -0.2) is 0 Å². The average Bonchev–Trinajstić information content (AvgIpc) is 3.40. The fraction of sp³-hybridized carbons (Fsp3) is 0.296. The Kier molecular flexibility index (Phi) is 7.11. The standard InChI is InChI=1S/C27H28N2O5/c1-18-12-13-19(2)22(16-18)28-25(30)24(20-8-4-3-5-9-20)34-27(32)21-10-6-14-29(17-21)26(31)23-11-7-15-33-23/h3-5,7-9,11-13,15-16,21,24H,6,10,14,17H2,1-2H3,(H,28,30)/t21-,24+/m0/s1. The van der Waals surface area contributed by atoms with Crippen LogP contribution in [0, 0.1) is 19.8 Å². The molecule has 7 nitrogen and oxygen atoms in total. The van der Waals surface area contributed by atoms with E-state index in [0.29, 0.717) is 30.6 Å². The number of hydrogen-bond donors (Lipinski definition) is 1. The molecular formula is C27H28N2O5. The molecule has 0 radical (unpaired) electrons. The lowest BCUT2D eigenvalue weighted by atomic mass is 9.97. The molecule has 34 heavy (non-hydrogen) atoms. The molecule has 2 amide bonds. The fourth-order valence-electron chi connectivity index (χ4n) is 4.09. The summed E-state index contributed by atoms with van der Waals surface area (Å²) in [6.45, 7) is 4.62. The number of rotatable bonds is 6. The van der Waals surface area contributed by atoms with Crippen LogP contribution in [0.5, 0.6) is 0 Å². The third kappa shape index (κ3) is 5.36. The average molecular weight is 461 g/mol. The zero-order valence-corrected chi connectivity index (χ0v) is 19.3. The Balaban J connectivity index is 1.50. The molecule has 4 rings (SSSR count). The van der Waals surface area contributed by atoms with Gasteiger partial charge in [0, 0.05) is 24.3 Å². The van der Waals surface area contributed by atoms with Crippen molar-refractivity contribution in [3.05, 3.63) is 89.4 Å². The maximum atomic E-state index is 13.3. The van der Waals surface area contributed by atoms with Gasteiger partial charge in [0.25, 0.3) is 11.8 Å². The SMILES string of the molecule is Cc1ccc(C)c(NC(=O)[C@H](OC(=O)[C@H]2CCCN(C(=O)c3ccco3)C2)c2ccccc2)c1. The van der Waals surface area contributed by atoms with Crippen molar-refractivity contribution in [1.82, 2.24) is 4.90 Å². The number of esters is 1. The molecular weight excluding hydrogens is 432 g/mol. The lowest BCUT2D eigenvalue weighted by molar-refractivity contribution is -0.160. The number of carbonyl (C=O) groups excluding carboxylic acids is 3. The van der Waals surface area contributed by atoms with Gasteiger partial charge in [0.15, 0.2) is 5.76 Å². The van der Waals surface area contributed by atoms with Crippen LogP contribution >= 0.6 is 0 Å². The van der Waals surface area contributed by atoms with E-state index in [1.165, 1.54) is 6.26 Å². The van der Waals surface area contributed by atoms with Crippen molar-refractivity contribution in [2.75, 3.05) is 18.4 Å². The number of amides is 2. The zero-order chi connectivity index (χ0) is 24.1. The van der Waals surface area contributed by atoms with Gasteiger partial charge in [0.1, 0.15) is 0 Å². The first-order chi connectivity index (χ1) is 16.4. The summed E-state index contributed by atoms with van der Waals surface area (Å²) in [5, 5.41) is 2.91. The van der Waals surface area contributed by atoms with E-state index < -0.39 is 23.9 Å². The first-order valence-electron chi connectivity index (χ1n) is 11.4. The van der Waals surface area contributed by atoms with Crippen molar-refractivity contribution in [3.63, 3.8) is 0 Å². The highest BCUT2D eigenvalue weighted by Crippen LogP contribution is 2.26. The summed E-state index contributed by atoms with van der Waals surface area (Å²) >= 11 is 0. The van der Waals surface area contributed by atoms with E-state index >= 15 is 0 Å².